The van der Waals surface area contributed by atoms with Crippen LogP contribution in [0.1, 0.15) is 73.2 Å². The van der Waals surface area contributed by atoms with Crippen LogP contribution in [0.5, 0.6) is 5.75 Å². The van der Waals surface area contributed by atoms with Crippen molar-refractivity contribution in [2.24, 2.45) is 0 Å². The standard InChI is InChI=1S/C21H23F3N3S.C20H9N5O6S2.CNS.Ru/c1-2-3-4-5-6-16-9-10-17(28-16)8-7-15-11-12-27-19(13-15)18(25)14-20(26)21(22,23)24;26-7-31-8-1-11(9-3-13-15(5-21-9)32-17(24-13)19(27)28)23-12(2-8)10-4-14-16(6-22-10)33-18(25-14)20(29)30;2-1-3;/h7-14,25-26H,2-6H2,1H3;1-7H,(H,27,28)(H,29,30);;/q-1;;-1;+2/b8-7+,18-14-,26-20?;;;. The number of carboxylic acid groups (broad SMARTS) is 2. The summed E-state index contributed by atoms with van der Waals surface area (Å²) in [6.45, 7) is 2.47. The van der Waals surface area contributed by atoms with Gasteiger partial charge in [-0.3, -0.25) is 25.2 Å². The van der Waals surface area contributed by atoms with Crippen LogP contribution < -0.4 is 4.74 Å². The summed E-state index contributed by atoms with van der Waals surface area (Å²) in [5.74, 6) is -2.08. The molecule has 7 rings (SSSR count). The normalized spacial score (nSPS) is 11.2. The van der Waals surface area contributed by atoms with Crippen LogP contribution in [-0.2, 0) is 30.7 Å². The summed E-state index contributed by atoms with van der Waals surface area (Å²) < 4.78 is 43.6. The average molecular weight is 1050 g/mol. The number of fused-ring (bicyclic) bond motifs is 2. The quantitative estimate of drug-likeness (QED) is 0.0284. The summed E-state index contributed by atoms with van der Waals surface area (Å²) >= 11 is 7.43. The molecule has 23 heteroatoms. The van der Waals surface area contributed by atoms with E-state index in [9.17, 15) is 27.6 Å². The van der Waals surface area contributed by atoms with Crippen molar-refractivity contribution in [1.82, 2.24) is 29.9 Å². The van der Waals surface area contributed by atoms with Gasteiger partial charge in [0.15, 0.2) is 0 Å². The largest absolute Gasteiger partial charge is 2.00 e. The molecule has 0 aliphatic rings. The van der Waals surface area contributed by atoms with Crippen LogP contribution in [0.4, 0.5) is 13.2 Å². The molecular weight excluding hydrogens is 1010 g/mol. The van der Waals surface area contributed by atoms with E-state index in [4.69, 9.17) is 31.5 Å². The molecule has 7 aromatic rings. The number of alkyl halides is 3. The van der Waals surface area contributed by atoms with Crippen LogP contribution >= 0.6 is 46.2 Å². The molecule has 0 saturated heterocycles. The molecule has 0 aliphatic carbocycles. The van der Waals surface area contributed by atoms with Crippen molar-refractivity contribution < 1.29 is 62.0 Å². The molecule has 65 heavy (non-hydrogen) atoms. The maximum atomic E-state index is 12.4. The zero-order valence-electron chi connectivity index (χ0n) is 33.5. The van der Waals surface area contributed by atoms with Crippen LogP contribution in [0, 0.1) is 5.41 Å². The minimum atomic E-state index is -4.77. The number of carbonyl (C=O) groups excluding carboxylic acids is 1. The average Bonchev–Trinajstić information content (AvgIpc) is 4.03. The topological polar surface area (TPSA) is 248 Å². The predicted octanol–water partition coefficient (Wildman–Crippen LogP) is 11.4. The number of aromatic nitrogens is 6. The van der Waals surface area contributed by atoms with Gasteiger partial charge in [-0.2, -0.15) is 18.3 Å². The minimum Gasteiger partial charge on any atom is -0.753 e. The Kier molecular flexibility index (Phi) is 19.0. The number of halogens is 3. The Bertz CT molecular complexity index is 2820. The number of thiophene rings is 1. The molecule has 4 N–H and O–H groups in total. The van der Waals surface area contributed by atoms with Crippen LogP contribution in [0.2, 0.25) is 0 Å². The Hall–Kier alpha value is -6.35. The Morgan fingerprint density at radius 2 is 1.45 bits per heavy atom. The molecule has 334 valence electrons. The Morgan fingerprint density at radius 3 is 1.97 bits per heavy atom. The minimum absolute atomic E-state index is 0. The molecule has 0 fully saturated rings. The molecule has 7 aromatic heterocycles. The summed E-state index contributed by atoms with van der Waals surface area (Å²) in [6, 6.07) is 13.6. The zero-order chi connectivity index (χ0) is 46.4. The van der Waals surface area contributed by atoms with E-state index in [1.54, 1.807) is 29.5 Å². The van der Waals surface area contributed by atoms with Crippen molar-refractivity contribution in [3.05, 3.63) is 115 Å². The van der Waals surface area contributed by atoms with E-state index in [0.717, 1.165) is 39.5 Å². The number of unbranched alkanes of at least 4 members (excludes halogenated alkanes) is 3. The first kappa shape index (κ1) is 51.3. The molecule has 0 saturated carbocycles. The van der Waals surface area contributed by atoms with E-state index < -0.39 is 29.5 Å². The van der Waals surface area contributed by atoms with E-state index in [1.807, 2.05) is 12.2 Å². The van der Waals surface area contributed by atoms with Crippen LogP contribution in [0.3, 0.4) is 0 Å². The van der Waals surface area contributed by atoms with Gasteiger partial charge in [0.25, 0.3) is 6.47 Å². The number of thiazole rings is 2. The number of aryl methyl sites for hydroxylation is 1. The van der Waals surface area contributed by atoms with Crippen LogP contribution in [0.25, 0.3) is 72.2 Å². The Balaban J connectivity index is 0.000000268. The maximum absolute atomic E-state index is 12.4. The van der Waals surface area contributed by atoms with Crippen LogP contribution in [-0.4, -0.2) is 75.6 Å². The molecule has 0 bridgehead atoms. The third kappa shape index (κ3) is 14.6. The molecule has 0 aliphatic heterocycles. The number of allylic oxidation sites excluding steroid dienone is 1. The SMILES string of the molecule is CCCCCCc1ccc(/C=C/c2ccnc(/C([NH-])=C/C(=N)C(F)(F)F)c2)s1.O=COc1cc(-c2cc3nc(C(=O)O)sc3cn2)nc(-c2cc3nc(C(=O)O)sc3cn2)c1.[N-]=C=S.[Ru+2]. The monoisotopic (exact) mass is 1050 g/mol. The van der Waals surface area contributed by atoms with E-state index in [0.29, 0.717) is 49.3 Å². The van der Waals surface area contributed by atoms with Gasteiger partial charge >= 0.3 is 37.6 Å². The molecule has 0 aromatic carbocycles. The fourth-order valence-electron chi connectivity index (χ4n) is 5.54. The fraction of sp³-hybridized carbons (Fsp3) is 0.167. The number of rotatable bonds is 15. The molecule has 0 spiro atoms. The van der Waals surface area contributed by atoms with Crippen LogP contribution in [0.15, 0.2) is 73.2 Å². The first-order chi connectivity index (χ1) is 30.6. The smallest absolute Gasteiger partial charge is 0.753 e. The molecule has 0 radical (unpaired) electrons. The van der Waals surface area contributed by atoms with E-state index in [2.05, 4.69) is 61.2 Å². The molecule has 0 atom stereocenters. The zero-order valence-corrected chi connectivity index (χ0v) is 38.5. The molecule has 0 unspecified atom stereocenters. The third-order valence-corrected chi connectivity index (χ3v) is 11.6. The number of ether oxygens (including phenoxy) is 1. The number of hydrogen-bond donors (Lipinski definition) is 3. The van der Waals surface area contributed by atoms with Crippen molar-refractivity contribution in [1.29, 1.82) is 5.41 Å². The van der Waals surface area contributed by atoms with Gasteiger partial charge in [-0.25, -0.2) is 24.5 Å². The summed E-state index contributed by atoms with van der Waals surface area (Å²) in [7, 11) is 0. The summed E-state index contributed by atoms with van der Waals surface area (Å²) in [5, 5.41) is 33.6. The number of carbonyl (C=O) groups is 3. The number of nitrogens with one attached hydrogen (secondary N) is 2. The first-order valence-electron chi connectivity index (χ1n) is 18.6. The summed E-state index contributed by atoms with van der Waals surface area (Å²) in [4.78, 5) is 61.1. The number of pyridine rings is 4. The predicted molar refractivity (Wildman–Crippen MR) is 245 cm³/mol. The second-order valence-electron chi connectivity index (χ2n) is 13.0. The number of thiocarbonyl (C=S) groups is 1. The fourth-order valence-corrected chi connectivity index (χ4v) is 8.01. The van der Waals surface area contributed by atoms with Gasteiger partial charge in [0.05, 0.1) is 43.2 Å². The maximum Gasteiger partial charge on any atom is 2.00 e. The second kappa shape index (κ2) is 24.1. The number of aromatic carboxylic acids is 2. The van der Waals surface area contributed by atoms with Gasteiger partial charge in [-0.05, 0) is 67.0 Å². The molecule has 0 amide bonds. The van der Waals surface area contributed by atoms with Gasteiger partial charge < -0.3 is 26.1 Å². The second-order valence-corrected chi connectivity index (χ2v) is 16.4. The molecular formula is C42H32F3N9O6RuS4. The van der Waals surface area contributed by atoms with Gasteiger partial charge in [0.1, 0.15) is 11.5 Å². The Labute approximate surface area is 397 Å². The van der Waals surface area contributed by atoms with Crippen molar-refractivity contribution in [2.45, 2.75) is 45.2 Å². The van der Waals surface area contributed by atoms with Crippen molar-refractivity contribution in [3.8, 4) is 28.5 Å². The van der Waals surface area contributed by atoms with Gasteiger partial charge in [0, 0.05) is 46.2 Å². The molecule has 15 nitrogen and oxygen atoms in total. The van der Waals surface area contributed by atoms with Gasteiger partial charge in [-0.1, -0.05) is 44.5 Å². The third-order valence-electron chi connectivity index (χ3n) is 8.48. The first-order valence-corrected chi connectivity index (χ1v) is 21.4. The number of isothiocyanates is 1. The van der Waals surface area contributed by atoms with E-state index >= 15 is 0 Å². The summed E-state index contributed by atoms with van der Waals surface area (Å²) in [6.07, 6.45) is 9.94. The summed E-state index contributed by atoms with van der Waals surface area (Å²) in [5.41, 5.74) is 8.89. The van der Waals surface area contributed by atoms with Crippen molar-refractivity contribution in [3.63, 3.8) is 0 Å². The number of carboxylic acids is 2. The van der Waals surface area contributed by atoms with Crippen molar-refractivity contribution in [2.75, 3.05) is 0 Å². The number of nitrogens with zero attached hydrogens (tertiary/aromatic N) is 7. The molecule has 7 heterocycles. The number of hydrogen-bond acceptors (Lipinski definition) is 15. The Morgan fingerprint density at radius 1 is 0.862 bits per heavy atom. The van der Waals surface area contributed by atoms with E-state index in [-0.39, 0.29) is 47.4 Å². The van der Waals surface area contributed by atoms with Gasteiger partial charge in [0.2, 0.25) is 10.0 Å². The van der Waals surface area contributed by atoms with Crippen molar-refractivity contribution >= 4 is 114 Å². The van der Waals surface area contributed by atoms with Gasteiger partial charge in [-0.15, -0.1) is 39.7 Å². The van der Waals surface area contributed by atoms with E-state index in [1.165, 1.54) is 72.5 Å².